The average molecular weight is 245 g/mol. The van der Waals surface area contributed by atoms with Gasteiger partial charge in [0.25, 0.3) is 0 Å². The van der Waals surface area contributed by atoms with E-state index in [1.165, 1.54) is 63.2 Å². The van der Waals surface area contributed by atoms with Gasteiger partial charge >= 0.3 is 0 Å². The third-order valence-electron chi connectivity index (χ3n) is 3.32. The number of nitrogens with zero attached hydrogens (tertiary/aromatic N) is 1. The largest absolute Gasteiger partial charge is 0.381 e. The molecule has 1 atom stereocenters. The molecular weight excluding hydrogens is 218 g/mol. The van der Waals surface area contributed by atoms with E-state index in [2.05, 4.69) is 23.6 Å². The van der Waals surface area contributed by atoms with Gasteiger partial charge in [-0.3, -0.25) is 0 Å². The topological polar surface area (TPSA) is 12.5 Å². The number of hydrogen-bond acceptors (Lipinski definition) is 3. The molecule has 96 valence electrons. The third-order valence-corrected chi connectivity index (χ3v) is 4.26. The Labute approximate surface area is 105 Å². The van der Waals surface area contributed by atoms with Gasteiger partial charge in [-0.2, -0.15) is 11.8 Å². The number of rotatable bonds is 8. The second-order valence-corrected chi connectivity index (χ2v) is 5.82. The van der Waals surface area contributed by atoms with Gasteiger partial charge in [-0.1, -0.05) is 19.8 Å². The van der Waals surface area contributed by atoms with Crippen LogP contribution >= 0.6 is 11.8 Å². The van der Waals surface area contributed by atoms with E-state index < -0.39 is 0 Å². The number of methoxy groups -OCH3 is 1. The summed E-state index contributed by atoms with van der Waals surface area (Å²) in [6.45, 7) is 6.10. The SMILES string of the molecule is CCCCC(CCCN1CCSCC1)OC. The van der Waals surface area contributed by atoms with Gasteiger partial charge in [0, 0.05) is 31.7 Å². The quantitative estimate of drug-likeness (QED) is 0.652. The fourth-order valence-electron chi connectivity index (χ4n) is 2.18. The first-order chi connectivity index (χ1) is 7.86. The summed E-state index contributed by atoms with van der Waals surface area (Å²) in [7, 11) is 1.86. The van der Waals surface area contributed by atoms with E-state index in [-0.39, 0.29) is 0 Å². The van der Waals surface area contributed by atoms with Crippen molar-refractivity contribution in [2.45, 2.75) is 45.1 Å². The smallest absolute Gasteiger partial charge is 0.0571 e. The lowest BCUT2D eigenvalue weighted by atomic mass is 10.1. The second kappa shape index (κ2) is 9.32. The Bertz CT molecular complexity index is 160. The Morgan fingerprint density at radius 2 is 1.88 bits per heavy atom. The van der Waals surface area contributed by atoms with Gasteiger partial charge in [-0.15, -0.1) is 0 Å². The maximum absolute atomic E-state index is 5.52. The Balaban J connectivity index is 2.02. The number of thioether (sulfide) groups is 1. The van der Waals surface area contributed by atoms with Crippen molar-refractivity contribution in [2.75, 3.05) is 38.2 Å². The van der Waals surface area contributed by atoms with Gasteiger partial charge in [-0.05, 0) is 25.8 Å². The standard InChI is InChI=1S/C13H27NOS/c1-3-4-6-13(15-2)7-5-8-14-9-11-16-12-10-14/h13H,3-12H2,1-2H3. The van der Waals surface area contributed by atoms with Crippen LogP contribution < -0.4 is 0 Å². The van der Waals surface area contributed by atoms with Crippen LogP contribution in [-0.2, 0) is 4.74 Å². The molecule has 0 amide bonds. The molecule has 0 aliphatic carbocycles. The lowest BCUT2D eigenvalue weighted by Gasteiger charge is -2.26. The summed E-state index contributed by atoms with van der Waals surface area (Å²) in [6.07, 6.45) is 6.86. The predicted octanol–water partition coefficient (Wildman–Crippen LogP) is 3.02. The minimum Gasteiger partial charge on any atom is -0.381 e. The summed E-state index contributed by atoms with van der Waals surface area (Å²) in [4.78, 5) is 2.60. The van der Waals surface area contributed by atoms with Crippen molar-refractivity contribution in [3.63, 3.8) is 0 Å². The summed E-state index contributed by atoms with van der Waals surface area (Å²) in [5, 5.41) is 0. The molecule has 0 aromatic heterocycles. The summed E-state index contributed by atoms with van der Waals surface area (Å²) in [6, 6.07) is 0. The molecular formula is C13H27NOS. The molecule has 0 N–H and O–H groups in total. The van der Waals surface area contributed by atoms with Crippen LogP contribution in [0.2, 0.25) is 0 Å². The fourth-order valence-corrected chi connectivity index (χ4v) is 3.16. The van der Waals surface area contributed by atoms with Gasteiger partial charge in [0.1, 0.15) is 0 Å². The molecule has 1 rings (SSSR count). The highest BCUT2D eigenvalue weighted by Crippen LogP contribution is 2.13. The predicted molar refractivity (Wildman–Crippen MR) is 73.3 cm³/mol. The first-order valence-corrected chi connectivity index (χ1v) is 7.85. The average Bonchev–Trinajstić information content (AvgIpc) is 2.35. The molecule has 0 spiro atoms. The molecule has 0 aromatic carbocycles. The first-order valence-electron chi connectivity index (χ1n) is 6.69. The molecule has 1 unspecified atom stereocenters. The van der Waals surface area contributed by atoms with E-state index in [1.54, 1.807) is 0 Å². The highest BCUT2D eigenvalue weighted by molar-refractivity contribution is 7.99. The van der Waals surface area contributed by atoms with E-state index in [1.807, 2.05) is 7.11 Å². The maximum atomic E-state index is 5.52. The van der Waals surface area contributed by atoms with Crippen LogP contribution in [0.1, 0.15) is 39.0 Å². The lowest BCUT2D eigenvalue weighted by Crippen LogP contribution is -2.33. The van der Waals surface area contributed by atoms with E-state index in [4.69, 9.17) is 4.74 Å². The van der Waals surface area contributed by atoms with E-state index in [0.717, 1.165) is 0 Å². The van der Waals surface area contributed by atoms with E-state index in [0.29, 0.717) is 6.10 Å². The molecule has 1 fully saturated rings. The van der Waals surface area contributed by atoms with Crippen molar-refractivity contribution in [1.29, 1.82) is 0 Å². The molecule has 0 saturated carbocycles. The van der Waals surface area contributed by atoms with Crippen LogP contribution in [0.4, 0.5) is 0 Å². The van der Waals surface area contributed by atoms with Crippen LogP contribution in [0.5, 0.6) is 0 Å². The fraction of sp³-hybridized carbons (Fsp3) is 1.00. The molecule has 0 aromatic rings. The van der Waals surface area contributed by atoms with Crippen LogP contribution in [-0.4, -0.2) is 49.3 Å². The van der Waals surface area contributed by atoms with Gasteiger partial charge < -0.3 is 9.64 Å². The van der Waals surface area contributed by atoms with E-state index in [9.17, 15) is 0 Å². The van der Waals surface area contributed by atoms with Crippen LogP contribution in [0, 0.1) is 0 Å². The molecule has 1 aliphatic rings. The molecule has 1 heterocycles. The summed E-state index contributed by atoms with van der Waals surface area (Å²) in [5.41, 5.74) is 0. The minimum absolute atomic E-state index is 0.499. The van der Waals surface area contributed by atoms with Crippen LogP contribution in [0.3, 0.4) is 0 Å². The van der Waals surface area contributed by atoms with Gasteiger partial charge in [0.05, 0.1) is 6.10 Å². The van der Waals surface area contributed by atoms with Gasteiger partial charge in [0.15, 0.2) is 0 Å². The lowest BCUT2D eigenvalue weighted by molar-refractivity contribution is 0.0813. The minimum atomic E-state index is 0.499. The second-order valence-electron chi connectivity index (χ2n) is 4.60. The number of hydrogen-bond donors (Lipinski definition) is 0. The monoisotopic (exact) mass is 245 g/mol. The van der Waals surface area contributed by atoms with Crippen LogP contribution in [0.25, 0.3) is 0 Å². The van der Waals surface area contributed by atoms with E-state index >= 15 is 0 Å². The maximum Gasteiger partial charge on any atom is 0.0571 e. The Morgan fingerprint density at radius 1 is 1.19 bits per heavy atom. The summed E-state index contributed by atoms with van der Waals surface area (Å²) in [5.74, 6) is 2.65. The third kappa shape index (κ3) is 6.12. The zero-order chi connectivity index (χ0) is 11.6. The number of ether oxygens (including phenoxy) is 1. The van der Waals surface area contributed by atoms with Crippen molar-refractivity contribution in [3.05, 3.63) is 0 Å². The Hall–Kier alpha value is 0.270. The molecule has 0 bridgehead atoms. The highest BCUT2D eigenvalue weighted by atomic mass is 32.2. The molecule has 0 radical (unpaired) electrons. The van der Waals surface area contributed by atoms with Crippen LogP contribution in [0.15, 0.2) is 0 Å². The zero-order valence-corrected chi connectivity index (χ0v) is 11.7. The number of unbranched alkanes of at least 4 members (excludes halogenated alkanes) is 1. The van der Waals surface area contributed by atoms with Crippen molar-refractivity contribution < 1.29 is 4.74 Å². The molecule has 3 heteroatoms. The van der Waals surface area contributed by atoms with Crippen molar-refractivity contribution in [3.8, 4) is 0 Å². The van der Waals surface area contributed by atoms with Crippen molar-refractivity contribution >= 4 is 11.8 Å². The summed E-state index contributed by atoms with van der Waals surface area (Å²) < 4.78 is 5.52. The van der Waals surface area contributed by atoms with Crippen molar-refractivity contribution in [2.24, 2.45) is 0 Å². The van der Waals surface area contributed by atoms with Crippen molar-refractivity contribution in [1.82, 2.24) is 4.90 Å². The summed E-state index contributed by atoms with van der Waals surface area (Å²) >= 11 is 2.09. The molecule has 2 nitrogen and oxygen atoms in total. The molecule has 1 saturated heterocycles. The first kappa shape index (κ1) is 14.3. The highest BCUT2D eigenvalue weighted by Gasteiger charge is 2.11. The van der Waals surface area contributed by atoms with Gasteiger partial charge in [0.2, 0.25) is 0 Å². The Kier molecular flexibility index (Phi) is 8.34. The normalized spacial score (nSPS) is 19.9. The van der Waals surface area contributed by atoms with Gasteiger partial charge in [-0.25, -0.2) is 0 Å². The Morgan fingerprint density at radius 3 is 2.50 bits per heavy atom. The molecule has 16 heavy (non-hydrogen) atoms. The molecule has 1 aliphatic heterocycles. The zero-order valence-electron chi connectivity index (χ0n) is 10.9.